The van der Waals surface area contributed by atoms with Crippen LogP contribution in [0.15, 0.2) is 0 Å². The molecule has 0 fully saturated rings. The average molecular weight is 344 g/mol. The molecule has 128 valence electrons. The summed E-state index contributed by atoms with van der Waals surface area (Å²) in [6.45, 7) is 8.32. The molecular formula is C12H21N6O4P. The lowest BCUT2D eigenvalue weighted by Crippen LogP contribution is -2.10. The Bertz CT molecular complexity index is 653. The zero-order chi connectivity index (χ0) is 17.6. The number of anilines is 2. The number of nitrogen functional groups attached to an aromatic ring is 2. The van der Waals surface area contributed by atoms with Crippen LogP contribution in [-0.2, 0) is 9.35 Å². The van der Waals surface area contributed by atoms with Crippen LogP contribution in [0.4, 0.5) is 11.8 Å². The predicted octanol–water partition coefficient (Wildman–Crippen LogP) is 2.31. The molecule has 10 nitrogen and oxygen atoms in total. The Morgan fingerprint density at radius 3 is 1.83 bits per heavy atom. The highest BCUT2D eigenvalue weighted by atomic mass is 31.1. The van der Waals surface area contributed by atoms with Crippen molar-refractivity contribution in [1.29, 1.82) is 0 Å². The second-order valence-electron chi connectivity index (χ2n) is 5.21. The molecule has 0 bridgehead atoms. The summed E-state index contributed by atoms with van der Waals surface area (Å²) in [6, 6.07) is 0. The van der Waals surface area contributed by atoms with Crippen LogP contribution in [0.3, 0.4) is 0 Å². The van der Waals surface area contributed by atoms with Crippen molar-refractivity contribution in [2.75, 3.05) is 11.5 Å². The van der Waals surface area contributed by atoms with Crippen molar-refractivity contribution in [2.45, 2.75) is 39.5 Å². The summed E-state index contributed by atoms with van der Waals surface area (Å²) < 4.78 is 6.49. The summed E-state index contributed by atoms with van der Waals surface area (Å²) in [5, 5.41) is 14.6. The van der Waals surface area contributed by atoms with Crippen LogP contribution < -0.4 is 11.5 Å². The summed E-state index contributed by atoms with van der Waals surface area (Å²) in [4.78, 5) is 17.1. The molecule has 2 aromatic heterocycles. The van der Waals surface area contributed by atoms with Crippen molar-refractivity contribution in [3.05, 3.63) is 11.4 Å². The Balaban J connectivity index is 0.000000463. The van der Waals surface area contributed by atoms with Gasteiger partial charge in [-0.25, -0.2) is 20.5 Å². The highest BCUT2D eigenvalue weighted by molar-refractivity contribution is 7.25. The monoisotopic (exact) mass is 344 g/mol. The summed E-state index contributed by atoms with van der Waals surface area (Å²) in [7, 11) is -0.691. The minimum atomic E-state index is -0.691. The standard InChI is InChI=1S/C12H18N6.H3O4P/c1-5(2)7-8(6(3)4)16-11-9(15-7)10(13)17-12(14)18-11;1-3-5-4-2/h5-6H,1-4H3,(H4,13,14,16,17,18);1-2,5H. The van der Waals surface area contributed by atoms with E-state index in [1.54, 1.807) is 0 Å². The molecule has 0 aliphatic carbocycles. The van der Waals surface area contributed by atoms with Gasteiger partial charge in [0.2, 0.25) is 15.0 Å². The fraction of sp³-hybridized carbons (Fsp3) is 0.500. The molecule has 0 aliphatic rings. The Kier molecular flexibility index (Phi) is 7.40. The number of nitrogens with two attached hydrogens (primary N) is 2. The van der Waals surface area contributed by atoms with Gasteiger partial charge in [0.1, 0.15) is 0 Å². The fourth-order valence-corrected chi connectivity index (χ4v) is 1.91. The smallest absolute Gasteiger partial charge is 0.231 e. The van der Waals surface area contributed by atoms with Crippen LogP contribution in [-0.4, -0.2) is 30.5 Å². The third-order valence-corrected chi connectivity index (χ3v) is 2.95. The minimum Gasteiger partial charge on any atom is -0.382 e. The average Bonchev–Trinajstić information content (AvgIpc) is 2.47. The van der Waals surface area contributed by atoms with Gasteiger partial charge < -0.3 is 11.5 Å². The molecule has 23 heavy (non-hydrogen) atoms. The van der Waals surface area contributed by atoms with Gasteiger partial charge in [0.05, 0.1) is 11.4 Å². The topological polar surface area (TPSA) is 163 Å². The SMILES string of the molecule is CC(C)c1nc2nc(N)nc(N)c2nc1C(C)C.OOPOO. The first kappa shape index (κ1) is 19.3. The Morgan fingerprint density at radius 2 is 1.39 bits per heavy atom. The van der Waals surface area contributed by atoms with E-state index < -0.39 is 9.03 Å². The quantitative estimate of drug-likeness (QED) is 0.367. The maximum absolute atomic E-state index is 7.29. The van der Waals surface area contributed by atoms with Gasteiger partial charge in [0.25, 0.3) is 0 Å². The van der Waals surface area contributed by atoms with Crippen molar-refractivity contribution in [2.24, 2.45) is 0 Å². The largest absolute Gasteiger partial charge is 0.382 e. The van der Waals surface area contributed by atoms with Gasteiger partial charge in [0.15, 0.2) is 17.0 Å². The molecule has 0 unspecified atom stereocenters. The second kappa shape index (κ2) is 8.80. The Morgan fingerprint density at radius 1 is 0.870 bits per heavy atom. The molecule has 2 heterocycles. The van der Waals surface area contributed by atoms with Gasteiger partial charge in [-0.3, -0.25) is 0 Å². The van der Waals surface area contributed by atoms with E-state index in [0.29, 0.717) is 11.2 Å². The molecule has 0 spiro atoms. The number of nitrogens with zero attached hydrogens (tertiary/aromatic N) is 4. The number of hydrogen-bond acceptors (Lipinski definition) is 10. The van der Waals surface area contributed by atoms with E-state index >= 15 is 0 Å². The second-order valence-corrected chi connectivity index (χ2v) is 5.74. The third-order valence-electron chi connectivity index (χ3n) is 2.80. The minimum absolute atomic E-state index is 0.126. The lowest BCUT2D eigenvalue weighted by atomic mass is 10.0. The van der Waals surface area contributed by atoms with E-state index in [1.165, 1.54) is 0 Å². The first-order valence-corrected chi connectivity index (χ1v) is 7.59. The first-order valence-electron chi connectivity index (χ1n) is 6.78. The summed E-state index contributed by atoms with van der Waals surface area (Å²) in [6.07, 6.45) is 0. The number of rotatable bonds is 4. The molecule has 0 atom stereocenters. The van der Waals surface area contributed by atoms with Crippen molar-refractivity contribution >= 4 is 32.0 Å². The van der Waals surface area contributed by atoms with Crippen molar-refractivity contribution in [1.82, 2.24) is 19.9 Å². The molecule has 11 heteroatoms. The summed E-state index contributed by atoms with van der Waals surface area (Å²) in [5.41, 5.74) is 14.3. The lowest BCUT2D eigenvalue weighted by Gasteiger charge is -2.14. The molecule has 6 N–H and O–H groups in total. The number of fused-ring (bicyclic) bond motifs is 1. The highest BCUT2D eigenvalue weighted by Crippen LogP contribution is 2.26. The van der Waals surface area contributed by atoms with E-state index in [4.69, 9.17) is 22.0 Å². The van der Waals surface area contributed by atoms with Gasteiger partial charge in [0, 0.05) is 0 Å². The molecular weight excluding hydrogens is 323 g/mol. The van der Waals surface area contributed by atoms with Gasteiger partial charge in [-0.15, -0.1) is 0 Å². The first-order chi connectivity index (χ1) is 10.8. The zero-order valence-electron chi connectivity index (χ0n) is 13.3. The lowest BCUT2D eigenvalue weighted by molar-refractivity contribution is -0.186. The Labute approximate surface area is 135 Å². The van der Waals surface area contributed by atoms with Crippen LogP contribution in [0.1, 0.15) is 50.9 Å². The summed E-state index contributed by atoms with van der Waals surface area (Å²) >= 11 is 0. The fourth-order valence-electron chi connectivity index (χ4n) is 1.88. The third kappa shape index (κ3) is 5.15. The van der Waals surface area contributed by atoms with Crippen molar-refractivity contribution < 1.29 is 19.9 Å². The van der Waals surface area contributed by atoms with Gasteiger partial charge >= 0.3 is 0 Å². The van der Waals surface area contributed by atoms with Crippen LogP contribution >= 0.6 is 9.03 Å². The van der Waals surface area contributed by atoms with Gasteiger partial charge in [-0.2, -0.15) is 19.3 Å². The molecule has 2 aromatic rings. The maximum atomic E-state index is 7.29. The predicted molar refractivity (Wildman–Crippen MR) is 87.9 cm³/mol. The van der Waals surface area contributed by atoms with E-state index in [2.05, 4.69) is 57.0 Å². The van der Waals surface area contributed by atoms with Crippen LogP contribution in [0.5, 0.6) is 0 Å². The normalized spacial score (nSPS) is 11.0. The van der Waals surface area contributed by atoms with Crippen molar-refractivity contribution in [3.63, 3.8) is 0 Å². The zero-order valence-corrected chi connectivity index (χ0v) is 14.3. The Hall–Kier alpha value is -1.71. The van der Waals surface area contributed by atoms with E-state index in [9.17, 15) is 0 Å². The van der Waals surface area contributed by atoms with Crippen LogP contribution in [0, 0.1) is 0 Å². The molecule has 0 saturated carbocycles. The van der Waals surface area contributed by atoms with E-state index in [0.717, 1.165) is 11.4 Å². The maximum Gasteiger partial charge on any atom is 0.231 e. The molecule has 0 aromatic carbocycles. The molecule has 0 radical (unpaired) electrons. The molecule has 2 rings (SSSR count). The number of hydrogen-bond donors (Lipinski definition) is 4. The highest BCUT2D eigenvalue weighted by Gasteiger charge is 2.17. The van der Waals surface area contributed by atoms with Crippen LogP contribution in [0.25, 0.3) is 11.2 Å². The van der Waals surface area contributed by atoms with E-state index in [1.807, 2.05) is 0 Å². The molecule has 0 amide bonds. The van der Waals surface area contributed by atoms with Crippen molar-refractivity contribution in [3.8, 4) is 0 Å². The van der Waals surface area contributed by atoms with Gasteiger partial charge in [-0.1, -0.05) is 27.7 Å². The summed E-state index contributed by atoms with van der Waals surface area (Å²) in [5.74, 6) is 0.955. The van der Waals surface area contributed by atoms with E-state index in [-0.39, 0.29) is 23.6 Å². The van der Waals surface area contributed by atoms with Crippen LogP contribution in [0.2, 0.25) is 0 Å². The number of aromatic nitrogens is 4. The van der Waals surface area contributed by atoms with Gasteiger partial charge in [-0.05, 0) is 11.8 Å². The molecule has 0 aliphatic heterocycles. The molecule has 0 saturated heterocycles.